The van der Waals surface area contributed by atoms with E-state index in [0.717, 1.165) is 11.3 Å². The first-order chi connectivity index (χ1) is 10.8. The molecule has 0 radical (unpaired) electrons. The Bertz CT molecular complexity index is 814. The van der Waals surface area contributed by atoms with Gasteiger partial charge in [0.1, 0.15) is 10.8 Å². The van der Waals surface area contributed by atoms with Gasteiger partial charge in [0, 0.05) is 5.38 Å². The zero-order chi connectivity index (χ0) is 17.0. The molecule has 0 amide bonds. The molecule has 0 aliphatic rings. The monoisotopic (exact) mass is 356 g/mol. The highest BCUT2D eigenvalue weighted by molar-refractivity contribution is 7.89. The number of aryl methyl sites for hydroxylation is 1. The number of nitrogens with one attached hydrogen (secondary N) is 1. The van der Waals surface area contributed by atoms with Crippen LogP contribution in [0, 0.1) is 6.92 Å². The molecule has 1 aromatic heterocycles. The molecular weight excluding hydrogens is 340 g/mol. The molecule has 23 heavy (non-hydrogen) atoms. The minimum Gasteiger partial charge on any atom is -0.494 e. The van der Waals surface area contributed by atoms with Crippen LogP contribution in [0.15, 0.2) is 28.5 Å². The van der Waals surface area contributed by atoms with Crippen LogP contribution in [-0.2, 0) is 16.6 Å². The lowest BCUT2D eigenvalue weighted by Gasteiger charge is -2.10. The van der Waals surface area contributed by atoms with Crippen LogP contribution < -0.4 is 9.46 Å². The van der Waals surface area contributed by atoms with Crippen molar-refractivity contribution in [3.63, 3.8) is 0 Å². The molecule has 0 saturated heterocycles. The quantitative estimate of drug-likeness (QED) is 0.786. The molecule has 2 aromatic rings. The van der Waals surface area contributed by atoms with Gasteiger partial charge in [0.2, 0.25) is 10.0 Å². The molecular formula is C14H16N2O5S2. The second-order valence-electron chi connectivity index (χ2n) is 4.62. The van der Waals surface area contributed by atoms with E-state index < -0.39 is 16.0 Å². The Balaban J connectivity index is 2.13. The largest absolute Gasteiger partial charge is 0.494 e. The van der Waals surface area contributed by atoms with Gasteiger partial charge in [-0.1, -0.05) is 0 Å². The first-order valence-electron chi connectivity index (χ1n) is 6.74. The number of benzene rings is 1. The number of rotatable bonds is 7. The Morgan fingerprint density at radius 1 is 1.43 bits per heavy atom. The van der Waals surface area contributed by atoms with Gasteiger partial charge in [0.15, 0.2) is 5.69 Å². The molecule has 0 atom stereocenters. The fourth-order valence-corrected chi connectivity index (χ4v) is 3.92. The van der Waals surface area contributed by atoms with E-state index in [-0.39, 0.29) is 17.1 Å². The van der Waals surface area contributed by atoms with Crippen LogP contribution in [0.1, 0.15) is 28.0 Å². The summed E-state index contributed by atoms with van der Waals surface area (Å²) in [5, 5.41) is 10.6. The van der Waals surface area contributed by atoms with E-state index in [1.807, 2.05) is 6.92 Å². The number of carboxylic acid groups (broad SMARTS) is 1. The minimum atomic E-state index is -3.72. The van der Waals surface area contributed by atoms with Gasteiger partial charge in [-0.05, 0) is 37.6 Å². The minimum absolute atomic E-state index is 0.0626. The molecule has 1 aromatic carbocycles. The van der Waals surface area contributed by atoms with Crippen molar-refractivity contribution in [2.24, 2.45) is 0 Å². The van der Waals surface area contributed by atoms with Gasteiger partial charge in [0.25, 0.3) is 0 Å². The Hall–Kier alpha value is -1.97. The molecule has 124 valence electrons. The summed E-state index contributed by atoms with van der Waals surface area (Å²) in [7, 11) is -3.72. The third kappa shape index (κ3) is 4.27. The van der Waals surface area contributed by atoms with E-state index in [0.29, 0.717) is 22.9 Å². The van der Waals surface area contributed by atoms with Crippen LogP contribution in [0.25, 0.3) is 0 Å². The number of thiazole rings is 1. The fraction of sp³-hybridized carbons (Fsp3) is 0.286. The summed E-state index contributed by atoms with van der Waals surface area (Å²) in [5.74, 6) is -0.535. The van der Waals surface area contributed by atoms with Crippen LogP contribution in [0.3, 0.4) is 0 Å². The van der Waals surface area contributed by atoms with Crippen LogP contribution in [0.4, 0.5) is 0 Å². The van der Waals surface area contributed by atoms with Gasteiger partial charge in [-0.15, -0.1) is 11.3 Å². The molecule has 2 rings (SSSR count). The molecule has 0 fully saturated rings. The molecule has 7 nitrogen and oxygen atoms in total. The maximum Gasteiger partial charge on any atom is 0.355 e. The number of ether oxygens (including phenoxy) is 1. The van der Waals surface area contributed by atoms with E-state index >= 15 is 0 Å². The van der Waals surface area contributed by atoms with Crippen LogP contribution in [0.5, 0.6) is 5.75 Å². The lowest BCUT2D eigenvalue weighted by molar-refractivity contribution is 0.0691. The summed E-state index contributed by atoms with van der Waals surface area (Å²) in [6.07, 6.45) is 0. The molecule has 0 aliphatic heterocycles. The Morgan fingerprint density at radius 3 is 2.74 bits per heavy atom. The average Bonchev–Trinajstić information content (AvgIpc) is 2.94. The first-order valence-corrected chi connectivity index (χ1v) is 9.10. The number of hydrogen-bond donors (Lipinski definition) is 2. The average molecular weight is 356 g/mol. The maximum atomic E-state index is 12.3. The van der Waals surface area contributed by atoms with Crippen molar-refractivity contribution < 1.29 is 23.1 Å². The summed E-state index contributed by atoms with van der Waals surface area (Å²) < 4.78 is 32.4. The van der Waals surface area contributed by atoms with Gasteiger partial charge in [0.05, 0.1) is 18.0 Å². The summed E-state index contributed by atoms with van der Waals surface area (Å²) in [5.41, 5.74) is 0.468. The fourth-order valence-electron chi connectivity index (χ4n) is 1.90. The van der Waals surface area contributed by atoms with Crippen LogP contribution in [-0.4, -0.2) is 31.1 Å². The topological polar surface area (TPSA) is 106 Å². The van der Waals surface area contributed by atoms with E-state index in [1.54, 1.807) is 19.1 Å². The number of carboxylic acids is 1. The van der Waals surface area contributed by atoms with Crippen molar-refractivity contribution >= 4 is 27.3 Å². The highest BCUT2D eigenvalue weighted by Crippen LogP contribution is 2.21. The van der Waals surface area contributed by atoms with Crippen molar-refractivity contribution in [3.8, 4) is 5.75 Å². The highest BCUT2D eigenvalue weighted by Gasteiger charge is 2.18. The Labute approximate surface area is 138 Å². The summed E-state index contributed by atoms with van der Waals surface area (Å²) in [6.45, 7) is 3.97. The summed E-state index contributed by atoms with van der Waals surface area (Å²) in [6, 6.07) is 4.73. The smallest absolute Gasteiger partial charge is 0.355 e. The number of aromatic nitrogens is 1. The SMILES string of the molecule is CCOc1ccc(S(=O)(=O)NCc2nc(C(=O)O)cs2)c(C)c1. The lowest BCUT2D eigenvalue weighted by atomic mass is 10.2. The van der Waals surface area contributed by atoms with Crippen molar-refractivity contribution in [2.75, 3.05) is 6.61 Å². The normalized spacial score (nSPS) is 11.4. The highest BCUT2D eigenvalue weighted by atomic mass is 32.2. The van der Waals surface area contributed by atoms with Crippen LogP contribution in [0.2, 0.25) is 0 Å². The third-order valence-electron chi connectivity index (χ3n) is 2.93. The van der Waals surface area contributed by atoms with Crippen molar-refractivity contribution in [2.45, 2.75) is 25.3 Å². The molecule has 0 saturated carbocycles. The number of nitrogens with zero attached hydrogens (tertiary/aromatic N) is 1. The standard InChI is InChI=1S/C14H16N2O5S2/c1-3-21-10-4-5-12(9(2)6-10)23(19,20)15-7-13-16-11(8-22-13)14(17)18/h4-6,8,15H,3,7H2,1-2H3,(H,17,18). The summed E-state index contributed by atoms with van der Waals surface area (Å²) >= 11 is 1.09. The first kappa shape index (κ1) is 17.4. The zero-order valence-electron chi connectivity index (χ0n) is 12.6. The Morgan fingerprint density at radius 2 is 2.17 bits per heavy atom. The number of hydrogen-bond acceptors (Lipinski definition) is 6. The van der Waals surface area contributed by atoms with Crippen molar-refractivity contribution in [1.29, 1.82) is 0 Å². The summed E-state index contributed by atoms with van der Waals surface area (Å²) in [4.78, 5) is 14.7. The second kappa shape index (κ2) is 7.07. The van der Waals surface area contributed by atoms with Gasteiger partial charge in [-0.3, -0.25) is 0 Å². The van der Waals surface area contributed by atoms with Gasteiger partial charge >= 0.3 is 5.97 Å². The molecule has 9 heteroatoms. The third-order valence-corrected chi connectivity index (χ3v) is 5.34. The molecule has 2 N–H and O–H groups in total. The van der Waals surface area contributed by atoms with Crippen LogP contribution >= 0.6 is 11.3 Å². The van der Waals surface area contributed by atoms with Gasteiger partial charge in [-0.25, -0.2) is 22.9 Å². The van der Waals surface area contributed by atoms with E-state index in [2.05, 4.69) is 9.71 Å². The molecule has 0 bridgehead atoms. The van der Waals surface area contributed by atoms with Gasteiger partial charge < -0.3 is 9.84 Å². The predicted octanol–water partition coefficient (Wildman–Crippen LogP) is 2.03. The van der Waals surface area contributed by atoms with E-state index in [1.165, 1.54) is 11.4 Å². The molecule has 0 unspecified atom stereocenters. The van der Waals surface area contributed by atoms with Gasteiger partial charge in [-0.2, -0.15) is 0 Å². The molecule has 1 heterocycles. The van der Waals surface area contributed by atoms with E-state index in [4.69, 9.17) is 9.84 Å². The number of aromatic carboxylic acids is 1. The van der Waals surface area contributed by atoms with Crippen molar-refractivity contribution in [3.05, 3.63) is 39.8 Å². The maximum absolute atomic E-state index is 12.3. The number of carbonyl (C=O) groups is 1. The second-order valence-corrected chi connectivity index (χ2v) is 7.29. The number of sulfonamides is 1. The molecule has 0 spiro atoms. The lowest BCUT2D eigenvalue weighted by Crippen LogP contribution is -2.24. The Kier molecular flexibility index (Phi) is 5.34. The zero-order valence-corrected chi connectivity index (χ0v) is 14.2. The predicted molar refractivity (Wildman–Crippen MR) is 85.4 cm³/mol. The van der Waals surface area contributed by atoms with Crippen molar-refractivity contribution in [1.82, 2.24) is 9.71 Å². The molecule has 0 aliphatic carbocycles. The van der Waals surface area contributed by atoms with E-state index in [9.17, 15) is 13.2 Å².